The molecule has 0 aliphatic rings. The van der Waals surface area contributed by atoms with Crippen LogP contribution in [0.15, 0.2) is 53.0 Å². The molecule has 0 spiro atoms. The van der Waals surface area contributed by atoms with E-state index in [2.05, 4.69) is 26.6 Å². The number of benzene rings is 2. The van der Waals surface area contributed by atoms with Gasteiger partial charge in [0.2, 0.25) is 5.91 Å². The molecule has 0 aromatic heterocycles. The summed E-state index contributed by atoms with van der Waals surface area (Å²) in [7, 11) is 0. The van der Waals surface area contributed by atoms with Gasteiger partial charge in [-0.25, -0.2) is 4.79 Å². The van der Waals surface area contributed by atoms with Crippen molar-refractivity contribution >= 4 is 45.2 Å². The molecule has 120 valence electrons. The van der Waals surface area contributed by atoms with Crippen molar-refractivity contribution in [3.8, 4) is 0 Å². The SMILES string of the molecule is NC(=O)NC(CC(=O)Nc1ccc(Br)cc1)c1ccccc1Cl. The number of carbonyl (C=O) groups is 2. The first-order valence-electron chi connectivity index (χ1n) is 6.81. The molecule has 2 rings (SSSR count). The van der Waals surface area contributed by atoms with E-state index in [0.717, 1.165) is 4.47 Å². The number of amides is 3. The lowest BCUT2D eigenvalue weighted by molar-refractivity contribution is -0.116. The Morgan fingerprint density at radius 2 is 1.78 bits per heavy atom. The minimum Gasteiger partial charge on any atom is -0.352 e. The molecular formula is C16H15BrClN3O2. The number of nitrogens with one attached hydrogen (secondary N) is 2. The molecule has 3 amide bonds. The van der Waals surface area contributed by atoms with Crippen molar-refractivity contribution in [2.45, 2.75) is 12.5 Å². The minimum absolute atomic E-state index is 0.0166. The summed E-state index contributed by atoms with van der Waals surface area (Å²) >= 11 is 9.46. The lowest BCUT2D eigenvalue weighted by Gasteiger charge is -2.19. The Kier molecular flexibility index (Phi) is 6.01. The first kappa shape index (κ1) is 17.3. The molecule has 2 aromatic carbocycles. The van der Waals surface area contributed by atoms with Gasteiger partial charge in [0.05, 0.1) is 12.5 Å². The van der Waals surface area contributed by atoms with Crippen LogP contribution in [0.3, 0.4) is 0 Å². The average molecular weight is 397 g/mol. The zero-order valence-electron chi connectivity index (χ0n) is 12.1. The van der Waals surface area contributed by atoms with Gasteiger partial charge in [-0.15, -0.1) is 0 Å². The van der Waals surface area contributed by atoms with Crippen LogP contribution < -0.4 is 16.4 Å². The van der Waals surface area contributed by atoms with Gasteiger partial charge in [0, 0.05) is 15.2 Å². The van der Waals surface area contributed by atoms with E-state index in [4.69, 9.17) is 17.3 Å². The maximum absolute atomic E-state index is 12.2. The second-order valence-corrected chi connectivity index (χ2v) is 6.16. The first-order valence-corrected chi connectivity index (χ1v) is 7.98. The highest BCUT2D eigenvalue weighted by Crippen LogP contribution is 2.25. The zero-order valence-corrected chi connectivity index (χ0v) is 14.4. The predicted molar refractivity (Wildman–Crippen MR) is 94.3 cm³/mol. The van der Waals surface area contributed by atoms with Crippen molar-refractivity contribution < 1.29 is 9.59 Å². The van der Waals surface area contributed by atoms with Crippen LogP contribution in [0.2, 0.25) is 5.02 Å². The molecule has 0 saturated carbocycles. The summed E-state index contributed by atoms with van der Waals surface area (Å²) in [6.45, 7) is 0. The highest BCUT2D eigenvalue weighted by Gasteiger charge is 2.19. The van der Waals surface area contributed by atoms with Crippen molar-refractivity contribution in [3.05, 3.63) is 63.6 Å². The van der Waals surface area contributed by atoms with Gasteiger partial charge in [-0.1, -0.05) is 45.7 Å². The second-order valence-electron chi connectivity index (χ2n) is 4.84. The maximum atomic E-state index is 12.2. The molecular weight excluding hydrogens is 382 g/mol. The Morgan fingerprint density at radius 1 is 1.13 bits per heavy atom. The summed E-state index contributed by atoms with van der Waals surface area (Å²) < 4.78 is 0.917. The average Bonchev–Trinajstić information content (AvgIpc) is 2.49. The van der Waals surface area contributed by atoms with E-state index < -0.39 is 12.1 Å². The van der Waals surface area contributed by atoms with E-state index in [0.29, 0.717) is 16.3 Å². The lowest BCUT2D eigenvalue weighted by atomic mass is 10.0. The number of hydrogen-bond donors (Lipinski definition) is 3. The summed E-state index contributed by atoms with van der Waals surface area (Å²) in [6, 6.07) is 12.9. The molecule has 0 radical (unpaired) electrons. The third-order valence-corrected chi connectivity index (χ3v) is 3.99. The van der Waals surface area contributed by atoms with Gasteiger partial charge in [0.1, 0.15) is 0 Å². The second kappa shape index (κ2) is 7.99. The van der Waals surface area contributed by atoms with Crippen molar-refractivity contribution in [2.75, 3.05) is 5.32 Å². The lowest BCUT2D eigenvalue weighted by Crippen LogP contribution is -2.35. The standard InChI is InChI=1S/C16H15BrClN3O2/c17-10-5-7-11(8-6-10)20-15(22)9-14(21-16(19)23)12-3-1-2-4-13(12)18/h1-8,14H,9H2,(H,20,22)(H3,19,21,23). The summed E-state index contributed by atoms with van der Waals surface area (Å²) in [5.41, 5.74) is 6.50. The highest BCUT2D eigenvalue weighted by molar-refractivity contribution is 9.10. The Morgan fingerprint density at radius 3 is 2.39 bits per heavy atom. The molecule has 4 N–H and O–H groups in total. The zero-order chi connectivity index (χ0) is 16.8. The van der Waals surface area contributed by atoms with Gasteiger partial charge in [-0.3, -0.25) is 4.79 Å². The summed E-state index contributed by atoms with van der Waals surface area (Å²) in [6.07, 6.45) is 0.0166. The number of urea groups is 1. The van der Waals surface area contributed by atoms with Crippen LogP contribution >= 0.6 is 27.5 Å². The molecule has 1 atom stereocenters. The fraction of sp³-hybridized carbons (Fsp3) is 0.125. The Balaban J connectivity index is 2.11. The monoisotopic (exact) mass is 395 g/mol. The molecule has 23 heavy (non-hydrogen) atoms. The third kappa shape index (κ3) is 5.26. The number of carbonyl (C=O) groups excluding carboxylic acids is 2. The smallest absolute Gasteiger partial charge is 0.312 e. The summed E-state index contributed by atoms with van der Waals surface area (Å²) in [5, 5.41) is 5.78. The van der Waals surface area contributed by atoms with Gasteiger partial charge >= 0.3 is 6.03 Å². The molecule has 5 nitrogen and oxygen atoms in total. The molecule has 0 heterocycles. The molecule has 0 saturated heterocycles. The van der Waals surface area contributed by atoms with Gasteiger partial charge in [-0.2, -0.15) is 0 Å². The molecule has 0 aliphatic carbocycles. The van der Waals surface area contributed by atoms with E-state index in [1.165, 1.54) is 0 Å². The third-order valence-electron chi connectivity index (χ3n) is 3.11. The van der Waals surface area contributed by atoms with Gasteiger partial charge < -0.3 is 16.4 Å². The van der Waals surface area contributed by atoms with Gasteiger partial charge in [-0.05, 0) is 35.9 Å². The van der Waals surface area contributed by atoms with E-state index in [1.54, 1.807) is 36.4 Å². The van der Waals surface area contributed by atoms with Crippen LogP contribution in [0.1, 0.15) is 18.0 Å². The number of halogens is 2. The van der Waals surface area contributed by atoms with E-state index in [-0.39, 0.29) is 12.3 Å². The van der Waals surface area contributed by atoms with Crippen molar-refractivity contribution in [1.29, 1.82) is 0 Å². The fourth-order valence-electron chi connectivity index (χ4n) is 2.10. The summed E-state index contributed by atoms with van der Waals surface area (Å²) in [4.78, 5) is 23.4. The number of hydrogen-bond acceptors (Lipinski definition) is 2. The Hall–Kier alpha value is -2.05. The van der Waals surface area contributed by atoms with Crippen LogP contribution in [0, 0.1) is 0 Å². The number of rotatable bonds is 5. The number of primary amides is 1. The van der Waals surface area contributed by atoms with Crippen LogP contribution in [-0.2, 0) is 4.79 Å². The first-order chi connectivity index (χ1) is 11.0. The van der Waals surface area contributed by atoms with Crippen molar-refractivity contribution in [1.82, 2.24) is 5.32 Å². The van der Waals surface area contributed by atoms with Crippen molar-refractivity contribution in [2.24, 2.45) is 5.73 Å². The fourth-order valence-corrected chi connectivity index (χ4v) is 2.63. The molecule has 0 bridgehead atoms. The number of nitrogens with two attached hydrogens (primary N) is 1. The van der Waals surface area contributed by atoms with Gasteiger partial charge in [0.25, 0.3) is 0 Å². The number of anilines is 1. The van der Waals surface area contributed by atoms with Crippen molar-refractivity contribution in [3.63, 3.8) is 0 Å². The highest BCUT2D eigenvalue weighted by atomic mass is 79.9. The van der Waals surface area contributed by atoms with Crippen LogP contribution in [0.5, 0.6) is 0 Å². The van der Waals surface area contributed by atoms with Crippen LogP contribution in [0.4, 0.5) is 10.5 Å². The molecule has 0 aliphatic heterocycles. The Bertz CT molecular complexity index is 707. The normalized spacial score (nSPS) is 11.6. The van der Waals surface area contributed by atoms with E-state index >= 15 is 0 Å². The van der Waals surface area contributed by atoms with E-state index in [9.17, 15) is 9.59 Å². The molecule has 0 fully saturated rings. The molecule has 1 unspecified atom stereocenters. The quantitative estimate of drug-likeness (QED) is 0.717. The Labute approximate surface area is 147 Å². The van der Waals surface area contributed by atoms with E-state index in [1.807, 2.05) is 12.1 Å². The predicted octanol–water partition coefficient (Wildman–Crippen LogP) is 3.84. The van der Waals surface area contributed by atoms with Crippen LogP contribution in [-0.4, -0.2) is 11.9 Å². The van der Waals surface area contributed by atoms with Gasteiger partial charge in [0.15, 0.2) is 0 Å². The molecule has 2 aromatic rings. The summed E-state index contributed by atoms with van der Waals surface area (Å²) in [5.74, 6) is -0.258. The minimum atomic E-state index is -0.716. The molecule has 7 heteroatoms. The largest absolute Gasteiger partial charge is 0.352 e. The maximum Gasteiger partial charge on any atom is 0.312 e. The topological polar surface area (TPSA) is 84.2 Å². The van der Waals surface area contributed by atoms with Crippen LogP contribution in [0.25, 0.3) is 0 Å².